The minimum absolute atomic E-state index is 0.0139. The number of alkyl halides is 5. The zero-order chi connectivity index (χ0) is 20.2. The van der Waals surface area contributed by atoms with Gasteiger partial charge in [-0.3, -0.25) is 4.72 Å². The molecule has 0 aliphatic heterocycles. The summed E-state index contributed by atoms with van der Waals surface area (Å²) in [6, 6.07) is 6.70. The normalized spacial score (nSPS) is 12.1. The van der Waals surface area contributed by atoms with Crippen LogP contribution in [0, 0.1) is 0 Å². The summed E-state index contributed by atoms with van der Waals surface area (Å²) >= 11 is 0. The van der Waals surface area contributed by atoms with E-state index in [0.29, 0.717) is 6.07 Å². The van der Waals surface area contributed by atoms with Gasteiger partial charge in [-0.15, -0.1) is 13.2 Å². The molecule has 0 bridgehead atoms. The third kappa shape index (κ3) is 6.16. The number of halogens is 5. The Labute approximate surface area is 150 Å². The summed E-state index contributed by atoms with van der Waals surface area (Å²) in [6.07, 6.45) is -7.82. The van der Waals surface area contributed by atoms with E-state index in [9.17, 15) is 35.5 Å². The second-order valence-corrected chi connectivity index (χ2v) is 6.69. The van der Waals surface area contributed by atoms with Crippen LogP contribution in [0.25, 0.3) is 0 Å². The second-order valence-electron chi connectivity index (χ2n) is 5.01. The summed E-state index contributed by atoms with van der Waals surface area (Å²) in [6.45, 7) is -0.879. The van der Waals surface area contributed by atoms with Crippen LogP contribution < -0.4 is 14.2 Å². The SMILES string of the molecule is O=S(=O)(Nc1ccc(O)cc1OC(F)(F)F)c1ccc(OCC(F)F)cc1. The number of rotatable bonds is 7. The summed E-state index contributed by atoms with van der Waals surface area (Å²) < 4.78 is 96.4. The summed E-state index contributed by atoms with van der Waals surface area (Å²) in [5.41, 5.74) is -0.567. The van der Waals surface area contributed by atoms with Gasteiger partial charge in [0.25, 0.3) is 16.4 Å². The van der Waals surface area contributed by atoms with Gasteiger partial charge < -0.3 is 14.6 Å². The third-order valence-electron chi connectivity index (χ3n) is 2.95. The van der Waals surface area contributed by atoms with Crippen molar-refractivity contribution in [2.24, 2.45) is 0 Å². The molecule has 0 saturated carbocycles. The average Bonchev–Trinajstić information content (AvgIpc) is 2.54. The van der Waals surface area contributed by atoms with Gasteiger partial charge >= 0.3 is 6.36 Å². The van der Waals surface area contributed by atoms with Crippen LogP contribution in [-0.2, 0) is 10.0 Å². The molecule has 0 unspecified atom stereocenters. The van der Waals surface area contributed by atoms with E-state index < -0.39 is 46.6 Å². The van der Waals surface area contributed by atoms with Crippen molar-refractivity contribution >= 4 is 15.7 Å². The Hall–Kier alpha value is -2.76. The van der Waals surface area contributed by atoms with Gasteiger partial charge in [0.05, 0.1) is 10.6 Å². The van der Waals surface area contributed by atoms with E-state index in [2.05, 4.69) is 4.74 Å². The van der Waals surface area contributed by atoms with Crippen LogP contribution in [0.5, 0.6) is 17.2 Å². The largest absolute Gasteiger partial charge is 0.573 e. The zero-order valence-electron chi connectivity index (χ0n) is 13.2. The Kier molecular flexibility index (Phi) is 5.98. The minimum atomic E-state index is -5.11. The summed E-state index contributed by atoms with van der Waals surface area (Å²) in [7, 11) is -4.33. The molecule has 27 heavy (non-hydrogen) atoms. The molecule has 2 aromatic carbocycles. The Morgan fingerprint density at radius 2 is 1.70 bits per heavy atom. The molecule has 0 heterocycles. The molecule has 0 radical (unpaired) electrons. The number of nitrogens with one attached hydrogen (secondary N) is 1. The molecule has 0 fully saturated rings. The molecule has 12 heteroatoms. The Morgan fingerprint density at radius 3 is 2.26 bits per heavy atom. The summed E-state index contributed by atoms with van der Waals surface area (Å²) in [5, 5.41) is 9.28. The Morgan fingerprint density at radius 1 is 1.07 bits per heavy atom. The molecular formula is C15H12F5NO5S. The molecule has 2 N–H and O–H groups in total. The summed E-state index contributed by atoms with van der Waals surface area (Å²) in [5.74, 6) is -1.54. The van der Waals surface area contributed by atoms with Gasteiger partial charge in [-0.1, -0.05) is 0 Å². The van der Waals surface area contributed by atoms with Gasteiger partial charge in [0.2, 0.25) is 0 Å². The van der Waals surface area contributed by atoms with Crippen molar-refractivity contribution in [3.05, 3.63) is 42.5 Å². The number of ether oxygens (including phenoxy) is 2. The van der Waals surface area contributed by atoms with Crippen LogP contribution >= 0.6 is 0 Å². The maximum absolute atomic E-state index is 12.4. The van der Waals surface area contributed by atoms with Crippen molar-refractivity contribution in [3.8, 4) is 17.2 Å². The highest BCUT2D eigenvalue weighted by Gasteiger charge is 2.33. The number of hydrogen-bond donors (Lipinski definition) is 2. The molecule has 0 spiro atoms. The molecular weight excluding hydrogens is 401 g/mol. The quantitative estimate of drug-likeness (QED) is 0.534. The number of phenols is 1. The fourth-order valence-electron chi connectivity index (χ4n) is 1.88. The van der Waals surface area contributed by atoms with Gasteiger partial charge in [-0.2, -0.15) is 0 Å². The first-order chi connectivity index (χ1) is 12.5. The number of anilines is 1. The van der Waals surface area contributed by atoms with Crippen molar-refractivity contribution in [3.63, 3.8) is 0 Å². The average molecular weight is 413 g/mol. The first-order valence-corrected chi connectivity index (χ1v) is 8.57. The lowest BCUT2D eigenvalue weighted by Crippen LogP contribution is -2.19. The van der Waals surface area contributed by atoms with Crippen LogP contribution in [0.2, 0.25) is 0 Å². The second kappa shape index (κ2) is 7.86. The first kappa shape index (κ1) is 20.6. The smallest absolute Gasteiger partial charge is 0.508 e. The number of benzene rings is 2. The first-order valence-electron chi connectivity index (χ1n) is 7.09. The van der Waals surface area contributed by atoms with Crippen molar-refractivity contribution in [2.75, 3.05) is 11.3 Å². The van der Waals surface area contributed by atoms with Crippen LogP contribution in [-0.4, -0.2) is 32.9 Å². The van der Waals surface area contributed by atoms with Crippen molar-refractivity contribution in [2.45, 2.75) is 17.7 Å². The fourth-order valence-corrected chi connectivity index (χ4v) is 2.95. The van der Waals surface area contributed by atoms with Crippen molar-refractivity contribution < 1.29 is 45.0 Å². The lowest BCUT2D eigenvalue weighted by atomic mass is 10.3. The molecule has 0 amide bonds. The Bertz CT molecular complexity index is 884. The van der Waals surface area contributed by atoms with Crippen LogP contribution in [0.15, 0.2) is 47.4 Å². The van der Waals surface area contributed by atoms with Gasteiger partial charge in [0.1, 0.15) is 18.1 Å². The van der Waals surface area contributed by atoms with E-state index in [1.165, 1.54) is 0 Å². The lowest BCUT2D eigenvalue weighted by Gasteiger charge is -2.15. The van der Waals surface area contributed by atoms with E-state index in [1.54, 1.807) is 0 Å². The maximum Gasteiger partial charge on any atom is 0.573 e. The molecule has 6 nitrogen and oxygen atoms in total. The standard InChI is InChI=1S/C15H12F5NO5S/c16-14(17)8-25-10-2-4-11(5-3-10)27(23,24)21-12-6-1-9(22)7-13(12)26-15(18,19)20/h1-7,14,21-22H,8H2. The number of hydrogen-bond acceptors (Lipinski definition) is 5. The van der Waals surface area contributed by atoms with E-state index in [4.69, 9.17) is 4.74 Å². The van der Waals surface area contributed by atoms with E-state index in [-0.39, 0.29) is 10.6 Å². The van der Waals surface area contributed by atoms with Gasteiger partial charge in [0, 0.05) is 6.07 Å². The maximum atomic E-state index is 12.4. The fraction of sp³-hybridized carbons (Fsp3) is 0.200. The summed E-state index contributed by atoms with van der Waals surface area (Å²) in [4.78, 5) is -0.363. The van der Waals surface area contributed by atoms with Crippen molar-refractivity contribution in [1.82, 2.24) is 0 Å². The van der Waals surface area contributed by atoms with Crippen LogP contribution in [0.3, 0.4) is 0 Å². The highest BCUT2D eigenvalue weighted by Crippen LogP contribution is 2.34. The van der Waals surface area contributed by atoms with Crippen molar-refractivity contribution in [1.29, 1.82) is 0 Å². The van der Waals surface area contributed by atoms with Crippen LogP contribution in [0.4, 0.5) is 27.6 Å². The molecule has 0 aliphatic carbocycles. The predicted octanol–water partition coefficient (Wildman–Crippen LogP) is 3.74. The minimum Gasteiger partial charge on any atom is -0.508 e. The van der Waals surface area contributed by atoms with E-state index >= 15 is 0 Å². The van der Waals surface area contributed by atoms with Gasteiger partial charge in [0.15, 0.2) is 5.75 Å². The molecule has 0 saturated heterocycles. The highest BCUT2D eigenvalue weighted by molar-refractivity contribution is 7.92. The van der Waals surface area contributed by atoms with E-state index in [1.807, 2.05) is 4.72 Å². The van der Waals surface area contributed by atoms with E-state index in [0.717, 1.165) is 36.4 Å². The monoisotopic (exact) mass is 413 g/mol. The number of phenolic OH excluding ortho intramolecular Hbond substituents is 1. The molecule has 2 rings (SSSR count). The zero-order valence-corrected chi connectivity index (χ0v) is 14.0. The van der Waals surface area contributed by atoms with Gasteiger partial charge in [-0.05, 0) is 36.4 Å². The third-order valence-corrected chi connectivity index (χ3v) is 4.33. The van der Waals surface area contributed by atoms with Gasteiger partial charge in [-0.25, -0.2) is 17.2 Å². The Balaban J connectivity index is 2.23. The molecule has 2 aromatic rings. The highest BCUT2D eigenvalue weighted by atomic mass is 32.2. The predicted molar refractivity (Wildman–Crippen MR) is 83.5 cm³/mol. The molecule has 0 atom stereocenters. The molecule has 148 valence electrons. The topological polar surface area (TPSA) is 84.9 Å². The lowest BCUT2D eigenvalue weighted by molar-refractivity contribution is -0.274. The number of aromatic hydroxyl groups is 1. The molecule has 0 aliphatic rings. The van der Waals surface area contributed by atoms with Crippen LogP contribution in [0.1, 0.15) is 0 Å². The number of sulfonamides is 1. The molecule has 0 aromatic heterocycles.